The Hall–Kier alpha value is -2.10. The Morgan fingerprint density at radius 3 is 2.29 bits per heavy atom. The minimum atomic E-state index is 0.398. The average Bonchev–Trinajstić information content (AvgIpc) is 2.62. The molecule has 0 amide bonds. The lowest BCUT2D eigenvalue weighted by Gasteiger charge is -2.35. The Morgan fingerprint density at radius 2 is 1.67 bits per heavy atom. The third-order valence-corrected chi connectivity index (χ3v) is 4.38. The van der Waals surface area contributed by atoms with Crippen LogP contribution in [0.2, 0.25) is 0 Å². The van der Waals surface area contributed by atoms with Gasteiger partial charge in [0.2, 0.25) is 0 Å². The van der Waals surface area contributed by atoms with Crippen molar-refractivity contribution in [1.29, 1.82) is 0 Å². The summed E-state index contributed by atoms with van der Waals surface area (Å²) in [6.07, 6.45) is 0.999. The third-order valence-electron chi connectivity index (χ3n) is 4.38. The number of para-hydroxylation sites is 1. The molecule has 1 aliphatic rings. The van der Waals surface area contributed by atoms with E-state index in [1.807, 2.05) is 30.3 Å². The van der Waals surface area contributed by atoms with E-state index < -0.39 is 0 Å². The predicted octanol–water partition coefficient (Wildman–Crippen LogP) is 4.39. The molecule has 126 valence electrons. The summed E-state index contributed by atoms with van der Waals surface area (Å²) in [7, 11) is 0. The van der Waals surface area contributed by atoms with Gasteiger partial charge in [-0.3, -0.25) is 4.90 Å². The lowest BCUT2D eigenvalue weighted by molar-refractivity contribution is 0.172. The van der Waals surface area contributed by atoms with Crippen molar-refractivity contribution >= 4 is 0 Å². The molecule has 2 aromatic carbocycles. The zero-order valence-electron chi connectivity index (χ0n) is 14.4. The van der Waals surface area contributed by atoms with E-state index in [0.717, 1.165) is 44.1 Å². The van der Waals surface area contributed by atoms with Crippen LogP contribution < -0.4 is 10.1 Å². The van der Waals surface area contributed by atoms with E-state index in [0.29, 0.717) is 6.04 Å². The summed E-state index contributed by atoms with van der Waals surface area (Å²) in [4.78, 5) is 2.55. The van der Waals surface area contributed by atoms with Crippen molar-refractivity contribution in [2.24, 2.45) is 0 Å². The molecule has 1 atom stereocenters. The second kappa shape index (κ2) is 8.13. The first kappa shape index (κ1) is 16.7. The highest BCUT2D eigenvalue weighted by Crippen LogP contribution is 2.30. The van der Waals surface area contributed by atoms with E-state index in [2.05, 4.69) is 48.0 Å². The van der Waals surface area contributed by atoms with Crippen LogP contribution >= 0.6 is 0 Å². The number of hydrogen-bond acceptors (Lipinski definition) is 3. The van der Waals surface area contributed by atoms with Crippen LogP contribution in [0.1, 0.15) is 24.9 Å². The van der Waals surface area contributed by atoms with Gasteiger partial charge in [-0.1, -0.05) is 35.9 Å². The lowest BCUT2D eigenvalue weighted by atomic mass is 9.98. The number of nitrogens with one attached hydrogen (secondary N) is 1. The monoisotopic (exact) mass is 322 g/mol. The summed E-state index contributed by atoms with van der Waals surface area (Å²) in [6.45, 7) is 10.5. The first-order chi connectivity index (χ1) is 11.7. The molecule has 0 aliphatic carbocycles. The van der Waals surface area contributed by atoms with E-state index in [9.17, 15) is 0 Å². The number of rotatable bonds is 6. The van der Waals surface area contributed by atoms with Crippen molar-refractivity contribution in [1.82, 2.24) is 10.2 Å². The first-order valence-electron chi connectivity index (χ1n) is 8.64. The highest BCUT2D eigenvalue weighted by Gasteiger charge is 2.22. The van der Waals surface area contributed by atoms with Gasteiger partial charge in [-0.05, 0) is 43.2 Å². The Labute approximate surface area is 145 Å². The molecule has 3 heteroatoms. The SMILES string of the molecule is C=C(C)C[C@@H](c1ccc(Oc2ccccc2)cc1)N1CCNCC1. The number of benzene rings is 2. The zero-order valence-corrected chi connectivity index (χ0v) is 14.4. The summed E-state index contributed by atoms with van der Waals surface area (Å²) >= 11 is 0. The summed E-state index contributed by atoms with van der Waals surface area (Å²) in [5.74, 6) is 1.74. The van der Waals surface area contributed by atoms with Crippen LogP contribution in [0.15, 0.2) is 66.7 Å². The fourth-order valence-electron chi connectivity index (χ4n) is 3.16. The summed E-state index contributed by atoms with van der Waals surface area (Å²) in [6, 6.07) is 18.8. The van der Waals surface area contributed by atoms with Gasteiger partial charge in [0.1, 0.15) is 11.5 Å². The molecule has 0 saturated carbocycles. The van der Waals surface area contributed by atoms with Crippen LogP contribution in [-0.4, -0.2) is 31.1 Å². The molecule has 1 saturated heterocycles. The van der Waals surface area contributed by atoms with Crippen LogP contribution in [0.4, 0.5) is 0 Å². The van der Waals surface area contributed by atoms with Crippen molar-refractivity contribution in [3.63, 3.8) is 0 Å². The van der Waals surface area contributed by atoms with E-state index in [-0.39, 0.29) is 0 Å². The van der Waals surface area contributed by atoms with Gasteiger partial charge >= 0.3 is 0 Å². The molecule has 0 spiro atoms. The molecule has 24 heavy (non-hydrogen) atoms. The van der Waals surface area contributed by atoms with E-state index in [1.54, 1.807) is 0 Å². The largest absolute Gasteiger partial charge is 0.457 e. The smallest absolute Gasteiger partial charge is 0.127 e. The maximum absolute atomic E-state index is 5.90. The highest BCUT2D eigenvalue weighted by atomic mass is 16.5. The zero-order chi connectivity index (χ0) is 16.8. The Bertz CT molecular complexity index is 645. The van der Waals surface area contributed by atoms with Crippen molar-refractivity contribution < 1.29 is 4.74 Å². The fourth-order valence-corrected chi connectivity index (χ4v) is 3.16. The minimum Gasteiger partial charge on any atom is -0.457 e. The molecule has 0 bridgehead atoms. The number of nitrogens with zero attached hydrogens (tertiary/aromatic N) is 1. The molecule has 0 radical (unpaired) electrons. The molecular formula is C21H26N2O. The predicted molar refractivity (Wildman–Crippen MR) is 99.6 cm³/mol. The van der Waals surface area contributed by atoms with Crippen LogP contribution in [0, 0.1) is 0 Å². The van der Waals surface area contributed by atoms with Crippen molar-refractivity contribution in [3.05, 3.63) is 72.3 Å². The van der Waals surface area contributed by atoms with Crippen LogP contribution in [0.25, 0.3) is 0 Å². The summed E-state index contributed by atoms with van der Waals surface area (Å²) < 4.78 is 5.90. The van der Waals surface area contributed by atoms with Crippen LogP contribution in [-0.2, 0) is 0 Å². The topological polar surface area (TPSA) is 24.5 Å². The van der Waals surface area contributed by atoms with Crippen LogP contribution in [0.5, 0.6) is 11.5 Å². The number of ether oxygens (including phenoxy) is 1. The lowest BCUT2D eigenvalue weighted by Crippen LogP contribution is -2.45. The Morgan fingerprint density at radius 1 is 1.04 bits per heavy atom. The van der Waals surface area contributed by atoms with Gasteiger partial charge < -0.3 is 10.1 Å². The minimum absolute atomic E-state index is 0.398. The highest BCUT2D eigenvalue weighted by molar-refractivity contribution is 5.34. The van der Waals surface area contributed by atoms with Gasteiger partial charge in [-0.25, -0.2) is 0 Å². The third kappa shape index (κ3) is 4.47. The first-order valence-corrected chi connectivity index (χ1v) is 8.64. The van der Waals surface area contributed by atoms with Gasteiger partial charge in [-0.2, -0.15) is 0 Å². The van der Waals surface area contributed by atoms with Crippen molar-refractivity contribution in [2.75, 3.05) is 26.2 Å². The van der Waals surface area contributed by atoms with E-state index >= 15 is 0 Å². The maximum Gasteiger partial charge on any atom is 0.127 e. The molecular weight excluding hydrogens is 296 g/mol. The number of hydrogen-bond donors (Lipinski definition) is 1. The average molecular weight is 322 g/mol. The Balaban J connectivity index is 1.74. The van der Waals surface area contributed by atoms with E-state index in [4.69, 9.17) is 4.74 Å². The fraction of sp³-hybridized carbons (Fsp3) is 0.333. The number of piperazine rings is 1. The van der Waals surface area contributed by atoms with Crippen LogP contribution in [0.3, 0.4) is 0 Å². The van der Waals surface area contributed by atoms with Gasteiger partial charge in [0.25, 0.3) is 0 Å². The van der Waals surface area contributed by atoms with E-state index in [1.165, 1.54) is 11.1 Å². The maximum atomic E-state index is 5.90. The van der Waals surface area contributed by atoms with Gasteiger partial charge in [0.15, 0.2) is 0 Å². The van der Waals surface area contributed by atoms with Gasteiger partial charge in [0, 0.05) is 32.2 Å². The molecule has 1 aliphatic heterocycles. The second-order valence-corrected chi connectivity index (χ2v) is 6.45. The summed E-state index contributed by atoms with van der Waals surface area (Å²) in [5, 5.41) is 3.43. The normalized spacial score (nSPS) is 16.5. The van der Waals surface area contributed by atoms with Crippen molar-refractivity contribution in [2.45, 2.75) is 19.4 Å². The molecule has 2 aromatic rings. The second-order valence-electron chi connectivity index (χ2n) is 6.45. The Kier molecular flexibility index (Phi) is 5.68. The summed E-state index contributed by atoms with van der Waals surface area (Å²) in [5.41, 5.74) is 2.56. The molecule has 1 N–H and O–H groups in total. The molecule has 0 unspecified atom stereocenters. The quantitative estimate of drug-likeness (QED) is 0.798. The van der Waals surface area contributed by atoms with Gasteiger partial charge in [0.05, 0.1) is 0 Å². The molecule has 3 rings (SSSR count). The standard InChI is InChI=1S/C21H26N2O/c1-17(2)16-21(23-14-12-22-13-15-23)18-8-10-20(11-9-18)24-19-6-4-3-5-7-19/h3-11,21-22H,1,12-16H2,2H3/t21-/m0/s1. The van der Waals surface area contributed by atoms with Crippen molar-refractivity contribution in [3.8, 4) is 11.5 Å². The molecule has 3 nitrogen and oxygen atoms in total. The molecule has 0 aromatic heterocycles. The van der Waals surface area contributed by atoms with Gasteiger partial charge in [-0.15, -0.1) is 6.58 Å². The molecule has 1 fully saturated rings. The molecule has 1 heterocycles.